The van der Waals surface area contributed by atoms with Crippen molar-refractivity contribution in [1.82, 2.24) is 10.2 Å². The molecule has 0 fully saturated rings. The zero-order valence-corrected chi connectivity index (χ0v) is 14.6. The number of rotatable bonds is 6. The normalized spacial score (nSPS) is 11.5. The molecule has 0 unspecified atom stereocenters. The maximum absolute atomic E-state index is 12.2. The van der Waals surface area contributed by atoms with E-state index in [0.717, 1.165) is 11.0 Å². The van der Waals surface area contributed by atoms with E-state index in [1.54, 1.807) is 24.3 Å². The molecule has 0 saturated carbocycles. The molecule has 0 aliphatic heterocycles. The third-order valence-electron chi connectivity index (χ3n) is 2.72. The molecule has 8 heteroatoms. The molecule has 0 aliphatic carbocycles. The van der Waals surface area contributed by atoms with Crippen molar-refractivity contribution in [3.8, 4) is 0 Å². The van der Waals surface area contributed by atoms with Gasteiger partial charge in [0.1, 0.15) is 5.82 Å². The van der Waals surface area contributed by atoms with Gasteiger partial charge >= 0.3 is 0 Å². The minimum atomic E-state index is -3.66. The maximum Gasteiger partial charge on any atom is 0.263 e. The molecule has 2 rings (SSSR count). The van der Waals surface area contributed by atoms with Crippen LogP contribution in [0.2, 0.25) is 0 Å². The lowest BCUT2D eigenvalue weighted by Crippen LogP contribution is -2.15. The van der Waals surface area contributed by atoms with Crippen LogP contribution in [0.15, 0.2) is 45.8 Å². The summed E-state index contributed by atoms with van der Waals surface area (Å²) in [6, 6.07) is 9.62. The fourth-order valence-electron chi connectivity index (χ4n) is 1.60. The predicted octanol–water partition coefficient (Wildman–Crippen LogP) is 3.11. The Morgan fingerprint density at radius 3 is 2.18 bits per heavy atom. The highest BCUT2D eigenvalue weighted by Gasteiger charge is 2.14. The first-order valence-corrected chi connectivity index (χ1v) is 9.00. The summed E-state index contributed by atoms with van der Waals surface area (Å²) in [7, 11) is -3.66. The van der Waals surface area contributed by atoms with Crippen LogP contribution in [-0.2, 0) is 10.0 Å². The molecule has 118 valence electrons. The Hall–Kier alpha value is -1.67. The number of hydrogen-bond donors (Lipinski definition) is 2. The van der Waals surface area contributed by atoms with Crippen molar-refractivity contribution >= 4 is 37.6 Å². The molecule has 2 aromatic rings. The summed E-state index contributed by atoms with van der Waals surface area (Å²) in [5.74, 6) is 1.27. The van der Waals surface area contributed by atoms with Crippen molar-refractivity contribution < 1.29 is 8.42 Å². The molecule has 6 nitrogen and oxygen atoms in total. The fourth-order valence-corrected chi connectivity index (χ4v) is 2.86. The molecule has 0 radical (unpaired) electrons. The van der Waals surface area contributed by atoms with E-state index in [-0.39, 0.29) is 10.7 Å². The SMILES string of the molecule is CC(C)CNc1ccc(NS(=O)(=O)c2ccc(Br)cc2)nn1. The first-order valence-electron chi connectivity index (χ1n) is 6.73. The third kappa shape index (κ3) is 4.67. The molecular weight excluding hydrogens is 368 g/mol. The summed E-state index contributed by atoms with van der Waals surface area (Å²) in [5.41, 5.74) is 0. The van der Waals surface area contributed by atoms with Crippen molar-refractivity contribution in [2.24, 2.45) is 5.92 Å². The molecule has 0 bridgehead atoms. The first-order chi connectivity index (χ1) is 10.4. The Morgan fingerprint density at radius 1 is 1.05 bits per heavy atom. The second kappa shape index (κ2) is 7.06. The van der Waals surface area contributed by atoms with Gasteiger partial charge in [0, 0.05) is 11.0 Å². The van der Waals surface area contributed by atoms with Crippen molar-refractivity contribution in [2.75, 3.05) is 16.6 Å². The van der Waals surface area contributed by atoms with Gasteiger partial charge in [-0.3, -0.25) is 4.72 Å². The van der Waals surface area contributed by atoms with Crippen LogP contribution < -0.4 is 10.0 Å². The van der Waals surface area contributed by atoms with Crippen LogP contribution in [0.1, 0.15) is 13.8 Å². The molecule has 22 heavy (non-hydrogen) atoms. The summed E-state index contributed by atoms with van der Waals surface area (Å²) < 4.78 is 27.6. The predicted molar refractivity (Wildman–Crippen MR) is 90.3 cm³/mol. The molecule has 0 aliphatic rings. The summed E-state index contributed by atoms with van der Waals surface area (Å²) in [6.45, 7) is 4.95. The summed E-state index contributed by atoms with van der Waals surface area (Å²) in [6.07, 6.45) is 0. The van der Waals surface area contributed by atoms with E-state index in [1.165, 1.54) is 12.1 Å². The quantitative estimate of drug-likeness (QED) is 0.798. The standard InChI is InChI=1S/C14H17BrN4O2S/c1-10(2)9-16-13-7-8-14(18-17-13)19-22(20,21)12-5-3-11(15)4-6-12/h3-8,10H,9H2,1-2H3,(H,16,17)(H,18,19). The van der Waals surface area contributed by atoms with E-state index >= 15 is 0 Å². The van der Waals surface area contributed by atoms with Crippen molar-refractivity contribution in [2.45, 2.75) is 18.7 Å². The van der Waals surface area contributed by atoms with Gasteiger partial charge in [-0.05, 0) is 42.3 Å². The highest BCUT2D eigenvalue weighted by Crippen LogP contribution is 2.17. The van der Waals surface area contributed by atoms with Gasteiger partial charge in [0.25, 0.3) is 10.0 Å². The molecule has 1 aromatic heterocycles. The van der Waals surface area contributed by atoms with Gasteiger partial charge in [-0.1, -0.05) is 29.8 Å². The molecule has 0 spiro atoms. The third-order valence-corrected chi connectivity index (χ3v) is 4.62. The van der Waals surface area contributed by atoms with E-state index in [4.69, 9.17) is 0 Å². The molecule has 0 saturated heterocycles. The fraction of sp³-hybridized carbons (Fsp3) is 0.286. The Labute approximate surface area is 138 Å². The summed E-state index contributed by atoms with van der Waals surface area (Å²) >= 11 is 3.27. The number of halogens is 1. The van der Waals surface area contributed by atoms with Crippen LogP contribution in [0.4, 0.5) is 11.6 Å². The summed E-state index contributed by atoms with van der Waals surface area (Å²) in [4.78, 5) is 0.166. The number of nitrogens with one attached hydrogen (secondary N) is 2. The van der Waals surface area contributed by atoms with Gasteiger partial charge in [0.2, 0.25) is 0 Å². The Balaban J connectivity index is 2.08. The zero-order chi connectivity index (χ0) is 16.2. The van der Waals surface area contributed by atoms with Gasteiger partial charge in [-0.25, -0.2) is 8.42 Å². The molecule has 1 aromatic carbocycles. The van der Waals surface area contributed by atoms with Crippen LogP contribution in [0.5, 0.6) is 0 Å². The molecule has 0 atom stereocenters. The monoisotopic (exact) mass is 384 g/mol. The van der Waals surface area contributed by atoms with E-state index in [2.05, 4.69) is 50.0 Å². The number of nitrogens with zero attached hydrogens (tertiary/aromatic N) is 2. The van der Waals surface area contributed by atoms with Crippen LogP contribution in [0.25, 0.3) is 0 Å². The molecule has 2 N–H and O–H groups in total. The topological polar surface area (TPSA) is 84.0 Å². The van der Waals surface area contributed by atoms with Crippen LogP contribution >= 0.6 is 15.9 Å². The van der Waals surface area contributed by atoms with Gasteiger partial charge < -0.3 is 5.32 Å². The van der Waals surface area contributed by atoms with Gasteiger partial charge in [-0.15, -0.1) is 10.2 Å². The number of hydrogen-bond acceptors (Lipinski definition) is 5. The number of aromatic nitrogens is 2. The highest BCUT2D eigenvalue weighted by atomic mass is 79.9. The Morgan fingerprint density at radius 2 is 1.64 bits per heavy atom. The van der Waals surface area contributed by atoms with Crippen LogP contribution in [-0.4, -0.2) is 25.2 Å². The average Bonchev–Trinajstić information content (AvgIpc) is 2.46. The zero-order valence-electron chi connectivity index (χ0n) is 12.2. The smallest absolute Gasteiger partial charge is 0.263 e. The van der Waals surface area contributed by atoms with Crippen LogP contribution in [0.3, 0.4) is 0 Å². The number of anilines is 2. The number of benzene rings is 1. The van der Waals surface area contributed by atoms with Crippen molar-refractivity contribution in [1.29, 1.82) is 0 Å². The Kier molecular flexibility index (Phi) is 5.36. The lowest BCUT2D eigenvalue weighted by atomic mass is 10.2. The molecule has 1 heterocycles. The van der Waals surface area contributed by atoms with Crippen LogP contribution in [0, 0.1) is 5.92 Å². The van der Waals surface area contributed by atoms with Gasteiger partial charge in [-0.2, -0.15) is 0 Å². The van der Waals surface area contributed by atoms with Gasteiger partial charge in [0.15, 0.2) is 5.82 Å². The largest absolute Gasteiger partial charge is 0.368 e. The summed E-state index contributed by atoms with van der Waals surface area (Å²) in [5, 5.41) is 10.9. The molecular formula is C14H17BrN4O2S. The first kappa shape index (κ1) is 16.7. The molecule has 0 amide bonds. The lowest BCUT2D eigenvalue weighted by molar-refractivity contribution is 0.601. The minimum absolute atomic E-state index is 0.166. The lowest BCUT2D eigenvalue weighted by Gasteiger charge is -2.09. The van der Waals surface area contributed by atoms with E-state index in [0.29, 0.717) is 11.7 Å². The Bertz CT molecular complexity index is 716. The minimum Gasteiger partial charge on any atom is -0.368 e. The second-order valence-electron chi connectivity index (χ2n) is 5.14. The second-order valence-corrected chi connectivity index (χ2v) is 7.74. The van der Waals surface area contributed by atoms with Crippen molar-refractivity contribution in [3.63, 3.8) is 0 Å². The van der Waals surface area contributed by atoms with E-state index in [9.17, 15) is 8.42 Å². The van der Waals surface area contributed by atoms with E-state index < -0.39 is 10.0 Å². The van der Waals surface area contributed by atoms with E-state index in [1.807, 2.05) is 0 Å². The maximum atomic E-state index is 12.2. The highest BCUT2D eigenvalue weighted by molar-refractivity contribution is 9.10. The number of sulfonamides is 1. The average molecular weight is 385 g/mol. The van der Waals surface area contributed by atoms with Gasteiger partial charge in [0.05, 0.1) is 4.90 Å². The van der Waals surface area contributed by atoms with Crippen molar-refractivity contribution in [3.05, 3.63) is 40.9 Å².